The second-order valence-corrected chi connectivity index (χ2v) is 10.4. The number of carbonyl (C=O) groups is 1. The number of amides is 1. The Balaban J connectivity index is 1.57. The molecular formula is C21H23N7O4S. The molecule has 0 atom stereocenters. The number of fused-ring (bicyclic) bond motifs is 1. The minimum Gasteiger partial charge on any atom is -0.310 e. The number of nitrogens with zero attached hydrogens (tertiary/aromatic N) is 5. The average Bonchev–Trinajstić information content (AvgIpc) is 3.30. The number of aryl methyl sites for hydroxylation is 2. The zero-order valence-electron chi connectivity index (χ0n) is 18.5. The predicted octanol–water partition coefficient (Wildman–Crippen LogP) is 1.51. The summed E-state index contributed by atoms with van der Waals surface area (Å²) < 4.78 is 27.4. The summed E-state index contributed by atoms with van der Waals surface area (Å²) in [6, 6.07) is 7.90. The normalized spacial score (nSPS) is 11.9. The lowest BCUT2D eigenvalue weighted by Crippen LogP contribution is -2.20. The predicted molar refractivity (Wildman–Crippen MR) is 122 cm³/mol. The molecule has 0 radical (unpaired) electrons. The van der Waals surface area contributed by atoms with Crippen molar-refractivity contribution in [3.8, 4) is 5.95 Å². The molecule has 4 aromatic rings. The van der Waals surface area contributed by atoms with Gasteiger partial charge in [-0.25, -0.2) is 8.42 Å². The third-order valence-corrected chi connectivity index (χ3v) is 7.30. The Hall–Kier alpha value is -3.80. The Bertz CT molecular complexity index is 1510. The quantitative estimate of drug-likeness (QED) is 0.435. The number of anilines is 1. The summed E-state index contributed by atoms with van der Waals surface area (Å²) in [4.78, 5) is 32.4. The molecule has 0 saturated carbocycles. The number of nitrogens with one attached hydrogen (secondary N) is 2. The van der Waals surface area contributed by atoms with Gasteiger partial charge >= 0.3 is 0 Å². The summed E-state index contributed by atoms with van der Waals surface area (Å²) in [5, 5.41) is 11.0. The molecule has 0 saturated heterocycles. The molecule has 0 aliphatic rings. The number of carbonyl (C=O) groups excluding carboxylic acids is 1. The van der Waals surface area contributed by atoms with Crippen LogP contribution in [0.5, 0.6) is 0 Å². The van der Waals surface area contributed by atoms with E-state index in [-0.39, 0.29) is 28.7 Å². The number of rotatable bonds is 6. The van der Waals surface area contributed by atoms with Crippen LogP contribution in [-0.2, 0) is 28.1 Å². The van der Waals surface area contributed by atoms with Crippen molar-refractivity contribution in [2.24, 2.45) is 7.05 Å². The summed E-state index contributed by atoms with van der Waals surface area (Å²) in [7, 11) is -1.70. The van der Waals surface area contributed by atoms with Gasteiger partial charge < -0.3 is 5.32 Å². The Morgan fingerprint density at radius 3 is 2.58 bits per heavy atom. The van der Waals surface area contributed by atoms with Gasteiger partial charge in [0.15, 0.2) is 15.5 Å². The number of benzene rings is 1. The van der Waals surface area contributed by atoms with E-state index < -0.39 is 15.1 Å². The lowest BCUT2D eigenvalue weighted by Gasteiger charge is -2.10. The molecule has 0 aliphatic carbocycles. The Morgan fingerprint density at radius 2 is 1.91 bits per heavy atom. The van der Waals surface area contributed by atoms with E-state index in [2.05, 4.69) is 25.5 Å². The molecule has 172 valence electrons. The largest absolute Gasteiger partial charge is 0.310 e. The summed E-state index contributed by atoms with van der Waals surface area (Å²) in [6.45, 7) is 4.99. The van der Waals surface area contributed by atoms with Crippen LogP contribution in [0.1, 0.15) is 25.1 Å². The highest BCUT2D eigenvalue weighted by Crippen LogP contribution is 2.18. The van der Waals surface area contributed by atoms with E-state index in [0.29, 0.717) is 28.1 Å². The first kappa shape index (κ1) is 22.4. The van der Waals surface area contributed by atoms with E-state index in [1.54, 1.807) is 46.0 Å². The molecule has 4 rings (SSSR count). The molecule has 12 heteroatoms. The van der Waals surface area contributed by atoms with Crippen molar-refractivity contribution in [3.05, 3.63) is 58.1 Å². The van der Waals surface area contributed by atoms with Crippen molar-refractivity contribution in [2.75, 3.05) is 5.32 Å². The van der Waals surface area contributed by atoms with Crippen LogP contribution < -0.4 is 10.9 Å². The Labute approximate surface area is 189 Å². The Morgan fingerprint density at radius 1 is 1.21 bits per heavy atom. The first-order chi connectivity index (χ1) is 15.6. The van der Waals surface area contributed by atoms with E-state index in [1.807, 2.05) is 0 Å². The molecule has 11 nitrogen and oxygen atoms in total. The maximum Gasteiger partial charge on any atom is 0.263 e. The van der Waals surface area contributed by atoms with E-state index in [0.717, 1.165) is 0 Å². The van der Waals surface area contributed by atoms with Gasteiger partial charge in [-0.3, -0.25) is 19.3 Å². The fraction of sp³-hybridized carbons (Fsp3) is 0.286. The zero-order valence-corrected chi connectivity index (χ0v) is 19.3. The van der Waals surface area contributed by atoms with Crippen molar-refractivity contribution in [1.29, 1.82) is 0 Å². The molecule has 2 N–H and O–H groups in total. The van der Waals surface area contributed by atoms with Crippen LogP contribution >= 0.6 is 0 Å². The maximum atomic E-state index is 12.7. The molecule has 0 bridgehead atoms. The van der Waals surface area contributed by atoms with Gasteiger partial charge in [0.2, 0.25) is 11.9 Å². The van der Waals surface area contributed by atoms with Gasteiger partial charge in [0.05, 0.1) is 28.5 Å². The van der Waals surface area contributed by atoms with E-state index in [1.165, 1.54) is 27.7 Å². The summed E-state index contributed by atoms with van der Waals surface area (Å²) in [5.41, 5.74) is 1.28. The minimum atomic E-state index is -3.38. The molecule has 0 spiro atoms. The summed E-state index contributed by atoms with van der Waals surface area (Å²) in [5.74, 6) is 0.142. The molecule has 1 aromatic carbocycles. The fourth-order valence-electron chi connectivity index (χ4n) is 3.31. The number of hydrogen-bond acceptors (Lipinski definition) is 7. The van der Waals surface area contributed by atoms with E-state index >= 15 is 0 Å². The number of H-pyrrole nitrogens is 1. The minimum absolute atomic E-state index is 0.0247. The first-order valence-electron chi connectivity index (χ1n) is 10.2. The standard InChI is InChI=1S/C21H23N7O4S/c1-12(2)33(31,32)15-7-5-14(6-8-15)10-18(29)23-17-9-13(3)26-28(17)21-24-19-16(20(30)25-21)11-22-27(19)4/h5-9,11-12H,10H2,1-4H3,(H,23,29)(H,24,25,30). The van der Waals surface area contributed by atoms with Crippen molar-refractivity contribution >= 4 is 32.6 Å². The monoisotopic (exact) mass is 469 g/mol. The smallest absolute Gasteiger partial charge is 0.263 e. The second-order valence-electron chi connectivity index (χ2n) is 7.94. The lowest BCUT2D eigenvalue weighted by molar-refractivity contribution is -0.115. The number of sulfone groups is 1. The zero-order chi connectivity index (χ0) is 23.9. The first-order valence-corrected chi connectivity index (χ1v) is 11.7. The molecular weight excluding hydrogens is 446 g/mol. The van der Waals surface area contributed by atoms with Gasteiger partial charge in [-0.15, -0.1) is 0 Å². The van der Waals surface area contributed by atoms with Crippen molar-refractivity contribution in [1.82, 2.24) is 29.5 Å². The molecule has 3 aromatic heterocycles. The summed E-state index contributed by atoms with van der Waals surface area (Å²) >= 11 is 0. The highest BCUT2D eigenvalue weighted by Gasteiger charge is 2.19. The number of aromatic amines is 1. The third-order valence-electron chi connectivity index (χ3n) is 5.13. The highest BCUT2D eigenvalue weighted by molar-refractivity contribution is 7.92. The van der Waals surface area contributed by atoms with Gasteiger partial charge in [-0.05, 0) is 38.5 Å². The number of hydrogen-bond donors (Lipinski definition) is 2. The topological polar surface area (TPSA) is 145 Å². The van der Waals surface area contributed by atoms with Gasteiger partial charge in [0.25, 0.3) is 5.56 Å². The molecule has 3 heterocycles. The van der Waals surface area contributed by atoms with Crippen LogP contribution in [0, 0.1) is 6.92 Å². The van der Waals surface area contributed by atoms with Gasteiger partial charge in [-0.1, -0.05) is 12.1 Å². The van der Waals surface area contributed by atoms with Crippen LogP contribution in [-0.4, -0.2) is 49.1 Å². The van der Waals surface area contributed by atoms with E-state index in [4.69, 9.17) is 0 Å². The maximum absolute atomic E-state index is 12.7. The Kier molecular flexibility index (Phi) is 5.62. The molecule has 0 unspecified atom stereocenters. The van der Waals surface area contributed by atoms with Crippen LogP contribution in [0.15, 0.2) is 46.2 Å². The van der Waals surface area contributed by atoms with Crippen LogP contribution in [0.3, 0.4) is 0 Å². The van der Waals surface area contributed by atoms with Gasteiger partial charge in [-0.2, -0.15) is 19.9 Å². The fourth-order valence-corrected chi connectivity index (χ4v) is 4.37. The molecule has 0 fully saturated rings. The highest BCUT2D eigenvalue weighted by atomic mass is 32.2. The average molecular weight is 470 g/mol. The van der Waals surface area contributed by atoms with Crippen molar-refractivity contribution in [2.45, 2.75) is 37.3 Å². The number of aromatic nitrogens is 6. The van der Waals surface area contributed by atoms with E-state index in [9.17, 15) is 18.0 Å². The van der Waals surface area contributed by atoms with Crippen LogP contribution in [0.2, 0.25) is 0 Å². The van der Waals surface area contributed by atoms with Crippen LogP contribution in [0.4, 0.5) is 5.82 Å². The van der Waals surface area contributed by atoms with Crippen molar-refractivity contribution in [3.63, 3.8) is 0 Å². The molecule has 33 heavy (non-hydrogen) atoms. The van der Waals surface area contributed by atoms with Crippen molar-refractivity contribution < 1.29 is 13.2 Å². The SMILES string of the molecule is Cc1cc(NC(=O)Cc2ccc(S(=O)(=O)C(C)C)cc2)n(-c2nc3c(cnn3C)c(=O)[nH]2)n1. The third kappa shape index (κ3) is 4.29. The lowest BCUT2D eigenvalue weighted by atomic mass is 10.1. The van der Waals surface area contributed by atoms with Gasteiger partial charge in [0.1, 0.15) is 11.2 Å². The second kappa shape index (κ2) is 8.28. The van der Waals surface area contributed by atoms with Crippen LogP contribution in [0.25, 0.3) is 17.0 Å². The molecule has 0 aliphatic heterocycles. The summed E-state index contributed by atoms with van der Waals surface area (Å²) in [6.07, 6.45) is 1.45. The molecule has 1 amide bonds. The van der Waals surface area contributed by atoms with Gasteiger partial charge in [0, 0.05) is 13.1 Å².